The van der Waals surface area contributed by atoms with Crippen molar-refractivity contribution in [3.05, 3.63) is 65.7 Å². The van der Waals surface area contributed by atoms with Crippen molar-refractivity contribution in [3.8, 4) is 0 Å². The zero-order valence-corrected chi connectivity index (χ0v) is 11.5. The van der Waals surface area contributed by atoms with Crippen LogP contribution in [0, 0.1) is 5.92 Å². The number of para-hydroxylation sites is 1. The van der Waals surface area contributed by atoms with Crippen LogP contribution in [0.1, 0.15) is 24.5 Å². The van der Waals surface area contributed by atoms with E-state index in [2.05, 4.69) is 66.8 Å². The molecule has 0 saturated carbocycles. The number of hydrogen-bond acceptors (Lipinski definition) is 1. The Kier molecular flexibility index (Phi) is 3.54. The van der Waals surface area contributed by atoms with Gasteiger partial charge in [-0.15, -0.1) is 0 Å². The van der Waals surface area contributed by atoms with Gasteiger partial charge in [-0.3, -0.25) is 0 Å². The Morgan fingerprint density at radius 3 is 2.58 bits per heavy atom. The molecule has 0 fully saturated rings. The van der Waals surface area contributed by atoms with Crippen molar-refractivity contribution < 1.29 is 0 Å². The molecule has 1 N–H and O–H groups in total. The average molecular weight is 251 g/mol. The molecule has 1 aliphatic rings. The van der Waals surface area contributed by atoms with Crippen LogP contribution in [0.2, 0.25) is 0 Å². The Hall–Kier alpha value is -1.76. The summed E-state index contributed by atoms with van der Waals surface area (Å²) in [6.07, 6.45) is 3.56. The molecule has 0 aliphatic carbocycles. The molecule has 98 valence electrons. The van der Waals surface area contributed by atoms with Gasteiger partial charge in [-0.05, 0) is 42.4 Å². The molecule has 2 unspecified atom stereocenters. The van der Waals surface area contributed by atoms with Crippen LogP contribution < -0.4 is 5.32 Å². The normalized spacial score (nSPS) is 21.5. The number of aryl methyl sites for hydroxylation is 1. The van der Waals surface area contributed by atoms with Crippen LogP contribution in [0.4, 0.5) is 5.69 Å². The van der Waals surface area contributed by atoms with E-state index in [1.165, 1.54) is 29.7 Å². The van der Waals surface area contributed by atoms with Crippen LogP contribution in [0.5, 0.6) is 0 Å². The van der Waals surface area contributed by atoms with Gasteiger partial charge in [-0.25, -0.2) is 0 Å². The molecule has 19 heavy (non-hydrogen) atoms. The van der Waals surface area contributed by atoms with Crippen molar-refractivity contribution in [2.24, 2.45) is 5.92 Å². The zero-order chi connectivity index (χ0) is 13.1. The maximum atomic E-state index is 3.72. The van der Waals surface area contributed by atoms with Crippen LogP contribution in [0.15, 0.2) is 54.6 Å². The molecule has 1 aliphatic heterocycles. The quantitative estimate of drug-likeness (QED) is 0.858. The van der Waals surface area contributed by atoms with Crippen LogP contribution in [-0.4, -0.2) is 6.04 Å². The Morgan fingerprint density at radius 2 is 1.74 bits per heavy atom. The molecular weight excluding hydrogens is 230 g/mol. The van der Waals surface area contributed by atoms with Gasteiger partial charge in [0.25, 0.3) is 0 Å². The summed E-state index contributed by atoms with van der Waals surface area (Å²) < 4.78 is 0. The lowest BCUT2D eigenvalue weighted by Crippen LogP contribution is -2.33. The van der Waals surface area contributed by atoms with Gasteiger partial charge in [0.1, 0.15) is 0 Å². The third-order valence-electron chi connectivity index (χ3n) is 4.17. The molecule has 0 aromatic heterocycles. The lowest BCUT2D eigenvalue weighted by atomic mass is 9.86. The Labute approximate surface area is 115 Å². The highest BCUT2D eigenvalue weighted by Gasteiger charge is 2.23. The number of fused-ring (bicyclic) bond motifs is 1. The van der Waals surface area contributed by atoms with Gasteiger partial charge in [0.05, 0.1) is 0 Å². The van der Waals surface area contributed by atoms with Crippen LogP contribution >= 0.6 is 0 Å². The van der Waals surface area contributed by atoms with Crippen molar-refractivity contribution >= 4 is 5.69 Å². The second kappa shape index (κ2) is 5.48. The summed E-state index contributed by atoms with van der Waals surface area (Å²) in [4.78, 5) is 0. The van der Waals surface area contributed by atoms with Crippen molar-refractivity contribution in [1.82, 2.24) is 0 Å². The minimum atomic E-state index is 0.593. The van der Waals surface area contributed by atoms with E-state index in [1.54, 1.807) is 0 Å². The van der Waals surface area contributed by atoms with E-state index in [0.717, 1.165) is 6.42 Å². The van der Waals surface area contributed by atoms with E-state index < -0.39 is 0 Å². The van der Waals surface area contributed by atoms with E-state index in [9.17, 15) is 0 Å². The third-order valence-corrected chi connectivity index (χ3v) is 4.17. The minimum Gasteiger partial charge on any atom is -0.382 e. The van der Waals surface area contributed by atoms with Gasteiger partial charge in [0.15, 0.2) is 0 Å². The van der Waals surface area contributed by atoms with Gasteiger partial charge in [-0.2, -0.15) is 0 Å². The second-order valence-corrected chi connectivity index (χ2v) is 5.61. The molecule has 0 bridgehead atoms. The van der Waals surface area contributed by atoms with Crippen LogP contribution in [0.3, 0.4) is 0 Å². The summed E-state index contributed by atoms with van der Waals surface area (Å²) >= 11 is 0. The maximum Gasteiger partial charge on any atom is 0.0375 e. The predicted molar refractivity (Wildman–Crippen MR) is 81.5 cm³/mol. The van der Waals surface area contributed by atoms with Gasteiger partial charge in [0.2, 0.25) is 0 Å². The fourth-order valence-electron chi connectivity index (χ4n) is 2.99. The van der Waals surface area contributed by atoms with E-state index >= 15 is 0 Å². The first-order valence-corrected chi connectivity index (χ1v) is 7.21. The minimum absolute atomic E-state index is 0.593. The number of benzene rings is 2. The molecular formula is C18H21N. The highest BCUT2D eigenvalue weighted by molar-refractivity contribution is 5.54. The van der Waals surface area contributed by atoms with Crippen molar-refractivity contribution in [3.63, 3.8) is 0 Å². The predicted octanol–water partition coefficient (Wildman–Crippen LogP) is 4.29. The maximum absolute atomic E-state index is 3.72. The van der Waals surface area contributed by atoms with E-state index in [-0.39, 0.29) is 0 Å². The summed E-state index contributed by atoms with van der Waals surface area (Å²) in [5.41, 5.74) is 4.24. The smallest absolute Gasteiger partial charge is 0.0375 e. The van der Waals surface area contributed by atoms with Gasteiger partial charge >= 0.3 is 0 Å². The highest BCUT2D eigenvalue weighted by atomic mass is 14.9. The lowest BCUT2D eigenvalue weighted by Gasteiger charge is -2.32. The molecule has 0 spiro atoms. The first-order valence-electron chi connectivity index (χ1n) is 7.21. The van der Waals surface area contributed by atoms with Gasteiger partial charge < -0.3 is 5.32 Å². The van der Waals surface area contributed by atoms with Gasteiger partial charge in [0, 0.05) is 11.7 Å². The molecule has 2 atom stereocenters. The van der Waals surface area contributed by atoms with Crippen LogP contribution in [0.25, 0.3) is 0 Å². The first kappa shape index (κ1) is 12.3. The SMILES string of the molecule is CC1Cc2ccccc2NC1CCc1ccccc1. The Balaban J connectivity index is 1.66. The fraction of sp³-hybridized carbons (Fsp3) is 0.333. The van der Waals surface area contributed by atoms with E-state index in [4.69, 9.17) is 0 Å². The largest absolute Gasteiger partial charge is 0.382 e. The summed E-state index contributed by atoms with van der Waals surface area (Å²) in [6, 6.07) is 20.1. The van der Waals surface area contributed by atoms with Crippen molar-refractivity contribution in [2.75, 3.05) is 5.32 Å². The monoisotopic (exact) mass is 251 g/mol. The number of hydrogen-bond donors (Lipinski definition) is 1. The Bertz CT molecular complexity index is 532. The second-order valence-electron chi connectivity index (χ2n) is 5.61. The van der Waals surface area contributed by atoms with Crippen molar-refractivity contribution in [1.29, 1.82) is 0 Å². The van der Waals surface area contributed by atoms with Gasteiger partial charge in [-0.1, -0.05) is 55.5 Å². The summed E-state index contributed by atoms with van der Waals surface area (Å²) in [6.45, 7) is 2.36. The molecule has 1 heteroatoms. The number of anilines is 1. The standard InChI is InChI=1S/C18H21N/c1-14-13-16-9-5-6-10-18(16)19-17(14)12-11-15-7-3-2-4-8-15/h2-10,14,17,19H,11-13H2,1H3. The molecule has 0 amide bonds. The first-order chi connectivity index (χ1) is 9.33. The lowest BCUT2D eigenvalue weighted by molar-refractivity contribution is 0.441. The summed E-state index contributed by atoms with van der Waals surface area (Å²) in [5.74, 6) is 0.707. The molecule has 1 nitrogen and oxygen atoms in total. The number of rotatable bonds is 3. The number of nitrogens with one attached hydrogen (secondary N) is 1. The molecule has 2 aromatic rings. The molecule has 1 heterocycles. The Morgan fingerprint density at radius 1 is 1.00 bits per heavy atom. The summed E-state index contributed by atoms with van der Waals surface area (Å²) in [5, 5.41) is 3.72. The highest BCUT2D eigenvalue weighted by Crippen LogP contribution is 2.29. The van der Waals surface area contributed by atoms with E-state index in [0.29, 0.717) is 12.0 Å². The summed E-state index contributed by atoms with van der Waals surface area (Å²) in [7, 11) is 0. The van der Waals surface area contributed by atoms with E-state index in [1.807, 2.05) is 0 Å². The van der Waals surface area contributed by atoms with Crippen molar-refractivity contribution in [2.45, 2.75) is 32.2 Å². The zero-order valence-electron chi connectivity index (χ0n) is 11.5. The molecule has 0 saturated heterocycles. The average Bonchev–Trinajstić information content (AvgIpc) is 2.46. The molecule has 2 aromatic carbocycles. The topological polar surface area (TPSA) is 12.0 Å². The third kappa shape index (κ3) is 2.81. The molecule has 3 rings (SSSR count). The fourth-order valence-corrected chi connectivity index (χ4v) is 2.99. The van der Waals surface area contributed by atoms with Crippen LogP contribution in [-0.2, 0) is 12.8 Å². The molecule has 0 radical (unpaired) electrons.